The van der Waals surface area contributed by atoms with Gasteiger partial charge in [-0.1, -0.05) is 6.07 Å². The molecule has 0 unspecified atom stereocenters. The lowest BCUT2D eigenvalue weighted by Gasteiger charge is -2.22. The van der Waals surface area contributed by atoms with E-state index in [1.807, 2.05) is 6.92 Å². The highest BCUT2D eigenvalue weighted by molar-refractivity contribution is 7.91. The van der Waals surface area contributed by atoms with Crippen LogP contribution in [0.3, 0.4) is 0 Å². The molecule has 0 bridgehead atoms. The summed E-state index contributed by atoms with van der Waals surface area (Å²) in [5.41, 5.74) is 2.03. The number of para-hydroxylation sites is 1. The first-order valence-corrected chi connectivity index (χ1v) is 13.1. The van der Waals surface area contributed by atoms with Gasteiger partial charge in [-0.2, -0.15) is 0 Å². The SMILES string of the molecule is COc1cccc(OC)c1-n1c(CS(=O)(=O)[C@@H](C)[C@H](OC)c2ncc(C)cn2)nnc1-c1ccncc1. The van der Waals surface area contributed by atoms with Gasteiger partial charge < -0.3 is 14.2 Å². The number of sulfone groups is 1. The van der Waals surface area contributed by atoms with Crippen LogP contribution >= 0.6 is 0 Å². The number of hydrogen-bond donors (Lipinski definition) is 0. The molecule has 4 rings (SSSR count). The maximum Gasteiger partial charge on any atom is 0.168 e. The van der Waals surface area contributed by atoms with Crippen LogP contribution in [0.25, 0.3) is 17.1 Å². The van der Waals surface area contributed by atoms with E-state index in [0.717, 1.165) is 5.56 Å². The Labute approximate surface area is 215 Å². The molecule has 0 saturated heterocycles. The van der Waals surface area contributed by atoms with Gasteiger partial charge in [0.15, 0.2) is 27.3 Å². The molecule has 11 nitrogen and oxygen atoms in total. The van der Waals surface area contributed by atoms with Gasteiger partial charge >= 0.3 is 0 Å². The number of ether oxygens (including phenoxy) is 3. The zero-order valence-corrected chi connectivity index (χ0v) is 22.0. The summed E-state index contributed by atoms with van der Waals surface area (Å²) in [6, 6.07) is 8.81. The molecule has 0 spiro atoms. The Hall–Kier alpha value is -3.90. The van der Waals surface area contributed by atoms with Crippen molar-refractivity contribution in [2.24, 2.45) is 0 Å². The summed E-state index contributed by atoms with van der Waals surface area (Å²) in [5.74, 6) is 1.37. The maximum absolute atomic E-state index is 13.7. The zero-order chi connectivity index (χ0) is 26.6. The topological polar surface area (TPSA) is 131 Å². The summed E-state index contributed by atoms with van der Waals surface area (Å²) in [7, 11) is 0.642. The Bertz CT molecular complexity index is 1440. The van der Waals surface area contributed by atoms with Gasteiger partial charge in [0, 0.05) is 37.5 Å². The molecule has 0 amide bonds. The van der Waals surface area contributed by atoms with Crippen molar-refractivity contribution in [1.82, 2.24) is 29.7 Å². The highest BCUT2D eigenvalue weighted by Crippen LogP contribution is 2.37. The second-order valence-corrected chi connectivity index (χ2v) is 10.7. The van der Waals surface area contributed by atoms with Crippen LogP contribution in [0.2, 0.25) is 0 Å². The summed E-state index contributed by atoms with van der Waals surface area (Å²) in [6.07, 6.45) is 5.62. The fraction of sp³-hybridized carbons (Fsp3) is 0.320. The molecule has 0 radical (unpaired) electrons. The minimum Gasteiger partial charge on any atom is -0.494 e. The first kappa shape index (κ1) is 26.2. The molecule has 194 valence electrons. The second kappa shape index (κ2) is 11.0. The van der Waals surface area contributed by atoms with E-state index in [1.54, 1.807) is 66.6 Å². The molecule has 0 fully saturated rings. The van der Waals surface area contributed by atoms with Crippen LogP contribution in [0.1, 0.15) is 30.2 Å². The number of rotatable bonds is 10. The molecule has 0 saturated carbocycles. The Morgan fingerprint density at radius 1 is 0.946 bits per heavy atom. The quantitative estimate of drug-likeness (QED) is 0.305. The normalized spacial score (nSPS) is 13.2. The van der Waals surface area contributed by atoms with Gasteiger partial charge in [-0.3, -0.25) is 9.55 Å². The fourth-order valence-electron chi connectivity index (χ4n) is 3.94. The lowest BCUT2D eigenvalue weighted by Crippen LogP contribution is -2.30. The lowest BCUT2D eigenvalue weighted by molar-refractivity contribution is 0.0947. The maximum atomic E-state index is 13.7. The van der Waals surface area contributed by atoms with E-state index < -0.39 is 26.9 Å². The first-order valence-electron chi connectivity index (χ1n) is 11.4. The predicted molar refractivity (Wildman–Crippen MR) is 136 cm³/mol. The first-order chi connectivity index (χ1) is 17.8. The molecule has 1 aromatic carbocycles. The van der Waals surface area contributed by atoms with Crippen molar-refractivity contribution in [3.63, 3.8) is 0 Å². The van der Waals surface area contributed by atoms with Crippen molar-refractivity contribution in [2.45, 2.75) is 31.0 Å². The average Bonchev–Trinajstić information content (AvgIpc) is 3.32. The summed E-state index contributed by atoms with van der Waals surface area (Å²) >= 11 is 0. The Kier molecular flexibility index (Phi) is 7.79. The van der Waals surface area contributed by atoms with E-state index in [1.165, 1.54) is 21.3 Å². The number of pyridine rings is 1. The van der Waals surface area contributed by atoms with E-state index in [-0.39, 0.29) is 11.6 Å². The Morgan fingerprint density at radius 3 is 2.14 bits per heavy atom. The number of aryl methyl sites for hydroxylation is 1. The number of hydrogen-bond acceptors (Lipinski definition) is 10. The Balaban J connectivity index is 1.83. The molecule has 0 aliphatic heterocycles. The van der Waals surface area contributed by atoms with Crippen LogP contribution in [0.5, 0.6) is 11.5 Å². The summed E-state index contributed by atoms with van der Waals surface area (Å²) in [5, 5.41) is 7.65. The van der Waals surface area contributed by atoms with Gasteiger partial charge in [0.1, 0.15) is 29.0 Å². The molecule has 0 N–H and O–H groups in total. The monoisotopic (exact) mass is 524 g/mol. The standard InChI is InChI=1S/C25H28N6O5S/c1-16-13-27-24(28-14-16)23(36-5)17(2)37(32,33)15-21-29-30-25(18-9-11-26-12-10-18)31(21)22-19(34-3)7-6-8-20(22)35-4/h6-14,17,23H,15H2,1-5H3/t17-,23-/m0/s1. The molecule has 3 aromatic heterocycles. The molecule has 0 aliphatic rings. The zero-order valence-electron chi connectivity index (χ0n) is 21.2. The van der Waals surface area contributed by atoms with Crippen molar-refractivity contribution in [3.8, 4) is 28.6 Å². The number of aromatic nitrogens is 6. The number of benzene rings is 1. The van der Waals surface area contributed by atoms with Crippen molar-refractivity contribution in [2.75, 3.05) is 21.3 Å². The highest BCUT2D eigenvalue weighted by atomic mass is 32.2. The van der Waals surface area contributed by atoms with Gasteiger partial charge in [0.25, 0.3) is 0 Å². The van der Waals surface area contributed by atoms with E-state index in [9.17, 15) is 8.42 Å². The van der Waals surface area contributed by atoms with Crippen LogP contribution in [-0.4, -0.2) is 64.7 Å². The molecule has 3 heterocycles. The summed E-state index contributed by atoms with van der Waals surface area (Å²) < 4.78 is 45.8. The van der Waals surface area contributed by atoms with E-state index in [4.69, 9.17) is 14.2 Å². The van der Waals surface area contributed by atoms with Crippen LogP contribution in [0.4, 0.5) is 0 Å². The number of nitrogens with zero attached hydrogens (tertiary/aromatic N) is 6. The van der Waals surface area contributed by atoms with Crippen LogP contribution < -0.4 is 9.47 Å². The van der Waals surface area contributed by atoms with E-state index >= 15 is 0 Å². The van der Waals surface area contributed by atoms with Gasteiger partial charge in [0.05, 0.1) is 19.5 Å². The van der Waals surface area contributed by atoms with Gasteiger partial charge in [-0.25, -0.2) is 18.4 Å². The van der Waals surface area contributed by atoms with Crippen molar-refractivity contribution in [3.05, 3.63) is 72.3 Å². The van der Waals surface area contributed by atoms with Crippen LogP contribution in [0.15, 0.2) is 55.1 Å². The third-order valence-electron chi connectivity index (χ3n) is 5.93. The minimum absolute atomic E-state index is 0.182. The summed E-state index contributed by atoms with van der Waals surface area (Å²) in [6.45, 7) is 3.42. The largest absolute Gasteiger partial charge is 0.494 e. The predicted octanol–water partition coefficient (Wildman–Crippen LogP) is 3.14. The van der Waals surface area contributed by atoms with E-state index in [2.05, 4.69) is 25.1 Å². The van der Waals surface area contributed by atoms with Crippen molar-refractivity contribution >= 4 is 9.84 Å². The van der Waals surface area contributed by atoms with Crippen molar-refractivity contribution in [1.29, 1.82) is 0 Å². The van der Waals surface area contributed by atoms with Gasteiger partial charge in [0.2, 0.25) is 0 Å². The van der Waals surface area contributed by atoms with E-state index in [0.29, 0.717) is 28.6 Å². The lowest BCUT2D eigenvalue weighted by atomic mass is 10.2. The molecule has 37 heavy (non-hydrogen) atoms. The third kappa shape index (κ3) is 5.30. The highest BCUT2D eigenvalue weighted by Gasteiger charge is 2.35. The van der Waals surface area contributed by atoms with Gasteiger partial charge in [-0.05, 0) is 43.7 Å². The Morgan fingerprint density at radius 2 is 1.57 bits per heavy atom. The molecule has 0 aliphatic carbocycles. The van der Waals surface area contributed by atoms with Crippen LogP contribution in [-0.2, 0) is 20.3 Å². The minimum atomic E-state index is -3.84. The average molecular weight is 525 g/mol. The van der Waals surface area contributed by atoms with Gasteiger partial charge in [-0.15, -0.1) is 10.2 Å². The molecule has 12 heteroatoms. The second-order valence-electron chi connectivity index (χ2n) is 8.31. The smallest absolute Gasteiger partial charge is 0.168 e. The number of methoxy groups -OCH3 is 3. The summed E-state index contributed by atoms with van der Waals surface area (Å²) in [4.78, 5) is 12.6. The van der Waals surface area contributed by atoms with Crippen LogP contribution in [0, 0.1) is 6.92 Å². The third-order valence-corrected chi connectivity index (χ3v) is 7.97. The molecular weight excluding hydrogens is 496 g/mol. The molecule has 2 atom stereocenters. The van der Waals surface area contributed by atoms with Crippen molar-refractivity contribution < 1.29 is 22.6 Å². The fourth-order valence-corrected chi connectivity index (χ4v) is 5.36. The molecular formula is C25H28N6O5S. The molecule has 4 aromatic rings.